The Hall–Kier alpha value is -3.12. The topological polar surface area (TPSA) is 30.7 Å². The molecular formula is C23H27N3. The lowest BCUT2D eigenvalue weighted by Gasteiger charge is -2.02. The van der Waals surface area contributed by atoms with Gasteiger partial charge in [-0.3, -0.25) is 4.98 Å². The average Bonchev–Trinajstić information content (AvgIpc) is 3.01. The van der Waals surface area contributed by atoms with E-state index in [9.17, 15) is 0 Å². The zero-order valence-electron chi connectivity index (χ0n) is 16.3. The summed E-state index contributed by atoms with van der Waals surface area (Å²) in [6.45, 7) is 10.2. The summed E-state index contributed by atoms with van der Waals surface area (Å²) in [5, 5.41) is 5.62. The molecule has 0 bridgehead atoms. The molecule has 0 unspecified atom stereocenters. The van der Waals surface area contributed by atoms with Crippen LogP contribution in [0.15, 0.2) is 60.8 Å². The first-order chi connectivity index (χ1) is 12.5. The standard InChI is InChI=1S/C11H16N2.C10H9N.C2H2/c1-5-6-7-10(3)13-11(4)8-9(2)12-13;1-8-4-2-6-10-9(8)5-3-7-11-10;1-2/h5-8H,1-4H3;2-7H,1H3;1-2H/b6-5-,10-7+;;. The predicted molar refractivity (Wildman–Crippen MR) is 113 cm³/mol. The Labute approximate surface area is 157 Å². The van der Waals surface area contributed by atoms with Crippen LogP contribution in [0.3, 0.4) is 0 Å². The van der Waals surface area contributed by atoms with E-state index in [1.54, 1.807) is 0 Å². The van der Waals surface area contributed by atoms with Gasteiger partial charge in [0.25, 0.3) is 0 Å². The Bertz CT molecular complexity index is 906. The lowest BCUT2D eigenvalue weighted by molar-refractivity contribution is 0.847. The fraction of sp³-hybridized carbons (Fsp3) is 0.217. The molecule has 0 fully saturated rings. The second kappa shape index (κ2) is 10.7. The number of rotatable bonds is 2. The molecule has 0 aliphatic heterocycles. The number of terminal acetylenes is 1. The van der Waals surface area contributed by atoms with Crippen molar-refractivity contribution in [3.8, 4) is 12.8 Å². The van der Waals surface area contributed by atoms with Crippen LogP contribution in [0.1, 0.15) is 30.8 Å². The second-order valence-electron chi connectivity index (χ2n) is 5.82. The first-order valence-electron chi connectivity index (χ1n) is 8.50. The molecule has 3 rings (SSSR count). The average molecular weight is 345 g/mol. The highest BCUT2D eigenvalue weighted by Crippen LogP contribution is 2.14. The molecular weight excluding hydrogens is 318 g/mol. The third-order valence-electron chi connectivity index (χ3n) is 3.74. The van der Waals surface area contributed by atoms with Crippen LogP contribution in [0.5, 0.6) is 0 Å². The maximum absolute atomic E-state index is 4.38. The molecule has 2 aromatic heterocycles. The van der Waals surface area contributed by atoms with Crippen LogP contribution in [0, 0.1) is 33.6 Å². The van der Waals surface area contributed by atoms with Crippen molar-refractivity contribution in [2.45, 2.75) is 34.6 Å². The van der Waals surface area contributed by atoms with Gasteiger partial charge in [-0.05, 0) is 64.5 Å². The van der Waals surface area contributed by atoms with Crippen LogP contribution in [0.2, 0.25) is 0 Å². The van der Waals surface area contributed by atoms with Gasteiger partial charge in [-0.1, -0.05) is 30.4 Å². The number of aromatic nitrogens is 3. The Kier molecular flexibility index (Phi) is 8.60. The third-order valence-corrected chi connectivity index (χ3v) is 3.74. The predicted octanol–water partition coefficient (Wildman–Crippen LogP) is 5.73. The van der Waals surface area contributed by atoms with Crippen LogP contribution in [-0.2, 0) is 0 Å². The van der Waals surface area contributed by atoms with Crippen molar-refractivity contribution in [2.75, 3.05) is 0 Å². The van der Waals surface area contributed by atoms with Crippen molar-refractivity contribution in [1.29, 1.82) is 0 Å². The summed E-state index contributed by atoms with van der Waals surface area (Å²) >= 11 is 0. The molecule has 3 nitrogen and oxygen atoms in total. The fourth-order valence-corrected chi connectivity index (χ4v) is 2.55. The van der Waals surface area contributed by atoms with Crippen molar-refractivity contribution in [3.05, 3.63) is 77.8 Å². The molecule has 0 saturated heterocycles. The zero-order valence-corrected chi connectivity index (χ0v) is 16.3. The van der Waals surface area contributed by atoms with Gasteiger partial charge in [0.05, 0.1) is 11.2 Å². The largest absolute Gasteiger partial charge is 0.256 e. The quantitative estimate of drug-likeness (QED) is 0.439. The normalized spacial score (nSPS) is 10.8. The molecule has 0 spiro atoms. The minimum Gasteiger partial charge on any atom is -0.256 e. The van der Waals surface area contributed by atoms with Crippen LogP contribution >= 0.6 is 0 Å². The minimum atomic E-state index is 1.06. The Morgan fingerprint density at radius 3 is 2.38 bits per heavy atom. The summed E-state index contributed by atoms with van der Waals surface area (Å²) in [5.74, 6) is 0. The minimum absolute atomic E-state index is 1.06. The van der Waals surface area contributed by atoms with Crippen LogP contribution < -0.4 is 0 Å². The van der Waals surface area contributed by atoms with E-state index in [0.717, 1.165) is 16.9 Å². The van der Waals surface area contributed by atoms with E-state index in [0.29, 0.717) is 0 Å². The van der Waals surface area contributed by atoms with E-state index in [4.69, 9.17) is 0 Å². The van der Waals surface area contributed by atoms with Gasteiger partial charge in [0.2, 0.25) is 0 Å². The molecule has 0 aliphatic rings. The number of hydrogen-bond acceptors (Lipinski definition) is 2. The van der Waals surface area contributed by atoms with Gasteiger partial charge in [0.15, 0.2) is 0 Å². The fourth-order valence-electron chi connectivity index (χ4n) is 2.55. The molecule has 0 N–H and O–H groups in total. The van der Waals surface area contributed by atoms with Crippen molar-refractivity contribution < 1.29 is 0 Å². The van der Waals surface area contributed by atoms with E-state index < -0.39 is 0 Å². The summed E-state index contributed by atoms with van der Waals surface area (Å²) in [4.78, 5) is 4.24. The second-order valence-corrected chi connectivity index (χ2v) is 5.82. The van der Waals surface area contributed by atoms with Crippen molar-refractivity contribution in [1.82, 2.24) is 14.8 Å². The molecule has 3 aromatic rings. The van der Waals surface area contributed by atoms with Crippen LogP contribution in [-0.4, -0.2) is 14.8 Å². The molecule has 0 radical (unpaired) electrons. The number of benzene rings is 1. The molecule has 0 atom stereocenters. The number of allylic oxidation sites excluding steroid dienone is 4. The van der Waals surface area contributed by atoms with E-state index >= 15 is 0 Å². The lowest BCUT2D eigenvalue weighted by atomic mass is 10.1. The van der Waals surface area contributed by atoms with E-state index in [1.165, 1.54) is 16.6 Å². The molecule has 134 valence electrons. The van der Waals surface area contributed by atoms with Crippen molar-refractivity contribution in [2.24, 2.45) is 0 Å². The number of fused-ring (bicyclic) bond motifs is 1. The van der Waals surface area contributed by atoms with Crippen LogP contribution in [0.25, 0.3) is 16.6 Å². The zero-order chi connectivity index (χ0) is 19.5. The lowest BCUT2D eigenvalue weighted by Crippen LogP contribution is -1.97. The Balaban J connectivity index is 0.000000239. The summed E-state index contributed by atoms with van der Waals surface area (Å²) < 4.78 is 1.95. The van der Waals surface area contributed by atoms with Gasteiger partial charge in [-0.2, -0.15) is 5.10 Å². The molecule has 3 heteroatoms. The first-order valence-corrected chi connectivity index (χ1v) is 8.50. The van der Waals surface area contributed by atoms with E-state index in [1.807, 2.05) is 55.1 Å². The smallest absolute Gasteiger partial charge is 0.0704 e. The third kappa shape index (κ3) is 5.75. The summed E-state index contributed by atoms with van der Waals surface area (Å²) in [7, 11) is 0. The van der Waals surface area contributed by atoms with Gasteiger partial charge < -0.3 is 0 Å². The Morgan fingerprint density at radius 1 is 1.08 bits per heavy atom. The summed E-state index contributed by atoms with van der Waals surface area (Å²) in [5.41, 5.74) is 5.74. The number of nitrogens with zero attached hydrogens (tertiary/aromatic N) is 3. The van der Waals surface area contributed by atoms with Gasteiger partial charge in [-0.15, -0.1) is 12.8 Å². The summed E-state index contributed by atoms with van der Waals surface area (Å²) in [6, 6.07) is 12.3. The maximum Gasteiger partial charge on any atom is 0.0704 e. The van der Waals surface area contributed by atoms with E-state index in [-0.39, 0.29) is 0 Å². The molecule has 2 heterocycles. The monoisotopic (exact) mass is 345 g/mol. The SMILES string of the molecule is C#C.C/C=C\C=C(/C)n1nc(C)cc1C.Cc1cccc2ncccc12. The number of aryl methyl sites for hydroxylation is 3. The number of hydrogen-bond donors (Lipinski definition) is 0. The molecule has 26 heavy (non-hydrogen) atoms. The highest BCUT2D eigenvalue weighted by molar-refractivity contribution is 5.81. The van der Waals surface area contributed by atoms with Gasteiger partial charge in [0, 0.05) is 23.0 Å². The van der Waals surface area contributed by atoms with Gasteiger partial charge in [0.1, 0.15) is 0 Å². The highest BCUT2D eigenvalue weighted by Gasteiger charge is 2.00. The highest BCUT2D eigenvalue weighted by atomic mass is 15.3. The molecule has 0 amide bonds. The molecule has 0 aliphatic carbocycles. The maximum atomic E-state index is 4.38. The van der Waals surface area contributed by atoms with Crippen molar-refractivity contribution >= 4 is 16.6 Å². The van der Waals surface area contributed by atoms with Crippen LogP contribution in [0.4, 0.5) is 0 Å². The molecule has 1 aromatic carbocycles. The molecule has 0 saturated carbocycles. The first kappa shape index (κ1) is 20.9. The Morgan fingerprint density at radius 2 is 1.81 bits per heavy atom. The van der Waals surface area contributed by atoms with E-state index in [2.05, 4.69) is 68.0 Å². The van der Waals surface area contributed by atoms with Gasteiger partial charge in [-0.25, -0.2) is 4.68 Å². The number of pyridine rings is 1. The summed E-state index contributed by atoms with van der Waals surface area (Å²) in [6.07, 6.45) is 15.9. The van der Waals surface area contributed by atoms with Gasteiger partial charge >= 0.3 is 0 Å². The van der Waals surface area contributed by atoms with Crippen molar-refractivity contribution in [3.63, 3.8) is 0 Å².